The quantitative estimate of drug-likeness (QED) is 0.324. The Hall–Kier alpha value is -3.74. The molecule has 0 saturated carbocycles. The summed E-state index contributed by atoms with van der Waals surface area (Å²) in [5.41, 5.74) is 5.52. The van der Waals surface area contributed by atoms with E-state index in [1.807, 2.05) is 79.7 Å². The molecule has 3 aromatic carbocycles. The molecule has 0 N–H and O–H groups in total. The Morgan fingerprint density at radius 3 is 1.39 bits per heavy atom. The maximum absolute atomic E-state index is 4.27. The van der Waals surface area contributed by atoms with Gasteiger partial charge in [0.05, 0.1) is 30.2 Å². The highest BCUT2D eigenvalue weighted by molar-refractivity contribution is 5.78. The van der Waals surface area contributed by atoms with Crippen molar-refractivity contribution in [2.24, 2.45) is 30.7 Å². The Bertz CT molecular complexity index is 1020. The highest BCUT2D eigenvalue weighted by Crippen LogP contribution is 2.36. The summed E-state index contributed by atoms with van der Waals surface area (Å²) < 4.78 is 0. The normalized spacial score (nSPS) is 11.7. The molecule has 0 amide bonds. The van der Waals surface area contributed by atoms with Gasteiger partial charge in [-0.2, -0.15) is 30.7 Å². The molecule has 3 aromatic rings. The predicted molar refractivity (Wildman–Crippen MR) is 126 cm³/mol. The van der Waals surface area contributed by atoms with Crippen LogP contribution < -0.4 is 4.90 Å². The Labute approximate surface area is 183 Å². The maximum Gasteiger partial charge on any atom is 0.0854 e. The van der Waals surface area contributed by atoms with E-state index in [1.165, 1.54) is 0 Å². The Morgan fingerprint density at radius 1 is 0.581 bits per heavy atom. The van der Waals surface area contributed by atoms with Crippen molar-refractivity contribution in [3.05, 3.63) is 72.8 Å². The molecule has 0 fully saturated rings. The molecule has 7 nitrogen and oxygen atoms in total. The van der Waals surface area contributed by atoms with Crippen LogP contribution in [-0.2, 0) is 0 Å². The summed E-state index contributed by atoms with van der Waals surface area (Å²) in [6, 6.07) is 24.0. The van der Waals surface area contributed by atoms with E-state index in [9.17, 15) is 0 Å². The van der Waals surface area contributed by atoms with Gasteiger partial charge in [0.25, 0.3) is 0 Å². The molecular formula is C24H27N7. The van der Waals surface area contributed by atoms with Crippen LogP contribution in [0.25, 0.3) is 0 Å². The van der Waals surface area contributed by atoms with Crippen molar-refractivity contribution in [3.8, 4) is 0 Å². The highest BCUT2D eigenvalue weighted by Gasteiger charge is 2.12. The van der Waals surface area contributed by atoms with Gasteiger partial charge in [0.1, 0.15) is 0 Å². The number of rotatable bonds is 9. The molecule has 0 aliphatic heterocycles. The minimum Gasteiger partial charge on any atom is -0.310 e. The van der Waals surface area contributed by atoms with E-state index >= 15 is 0 Å². The minimum absolute atomic E-state index is 0.664. The molecule has 0 radical (unpaired) electrons. The zero-order valence-corrected chi connectivity index (χ0v) is 18.2. The number of nitrogens with zero attached hydrogens (tertiary/aromatic N) is 7. The van der Waals surface area contributed by atoms with Crippen molar-refractivity contribution in [3.63, 3.8) is 0 Å². The third-order valence-electron chi connectivity index (χ3n) is 4.38. The van der Waals surface area contributed by atoms with Gasteiger partial charge in [0, 0.05) is 24.1 Å². The van der Waals surface area contributed by atoms with E-state index in [1.54, 1.807) is 7.05 Å². The van der Waals surface area contributed by atoms with E-state index in [-0.39, 0.29) is 0 Å². The van der Waals surface area contributed by atoms with Crippen LogP contribution in [0.2, 0.25) is 0 Å². The fraction of sp³-hybridized carbons (Fsp3) is 0.250. The van der Waals surface area contributed by atoms with Crippen LogP contribution in [0.4, 0.5) is 34.1 Å². The Kier molecular flexibility index (Phi) is 8.11. The predicted octanol–water partition coefficient (Wildman–Crippen LogP) is 8.47. The average Bonchev–Trinajstić information content (AvgIpc) is 2.81. The second-order valence-electron chi connectivity index (χ2n) is 6.71. The second kappa shape index (κ2) is 11.4. The number of benzene rings is 3. The lowest BCUT2D eigenvalue weighted by Gasteiger charge is -2.25. The SMILES string of the molecule is CCCN=Nc1ccc(N(c2ccc(N=NC)cc2)c2ccc(N=NCC)cc2)cc1. The van der Waals surface area contributed by atoms with E-state index in [2.05, 4.69) is 42.5 Å². The summed E-state index contributed by atoms with van der Waals surface area (Å²) in [6.07, 6.45) is 0.983. The average molecular weight is 414 g/mol. The van der Waals surface area contributed by atoms with E-state index in [0.717, 1.165) is 47.1 Å². The molecule has 0 aliphatic carbocycles. The number of hydrogen-bond donors (Lipinski definition) is 0. The van der Waals surface area contributed by atoms with Gasteiger partial charge < -0.3 is 4.90 Å². The third-order valence-corrected chi connectivity index (χ3v) is 4.38. The van der Waals surface area contributed by atoms with Gasteiger partial charge >= 0.3 is 0 Å². The van der Waals surface area contributed by atoms with Crippen molar-refractivity contribution in [2.45, 2.75) is 20.3 Å². The number of azo groups is 3. The van der Waals surface area contributed by atoms with Crippen LogP contribution in [0.1, 0.15) is 20.3 Å². The maximum atomic E-state index is 4.27. The molecule has 7 heteroatoms. The number of hydrogen-bond acceptors (Lipinski definition) is 7. The lowest BCUT2D eigenvalue weighted by atomic mass is 10.1. The topological polar surface area (TPSA) is 77.4 Å². The third kappa shape index (κ3) is 6.12. The van der Waals surface area contributed by atoms with Gasteiger partial charge in [-0.3, -0.25) is 0 Å². The fourth-order valence-corrected chi connectivity index (χ4v) is 2.95. The van der Waals surface area contributed by atoms with E-state index < -0.39 is 0 Å². The van der Waals surface area contributed by atoms with Crippen LogP contribution in [-0.4, -0.2) is 20.1 Å². The molecule has 158 valence electrons. The lowest BCUT2D eigenvalue weighted by molar-refractivity contribution is 0.876. The summed E-state index contributed by atoms with van der Waals surface area (Å²) in [6.45, 7) is 5.45. The van der Waals surface area contributed by atoms with Crippen LogP contribution in [0.3, 0.4) is 0 Å². The van der Waals surface area contributed by atoms with E-state index in [0.29, 0.717) is 6.54 Å². The summed E-state index contributed by atoms with van der Waals surface area (Å²) in [4.78, 5) is 2.17. The monoisotopic (exact) mass is 413 g/mol. The molecule has 31 heavy (non-hydrogen) atoms. The van der Waals surface area contributed by atoms with Gasteiger partial charge in [0.15, 0.2) is 0 Å². The first-order valence-electron chi connectivity index (χ1n) is 10.4. The summed E-state index contributed by atoms with van der Waals surface area (Å²) in [5.74, 6) is 0. The van der Waals surface area contributed by atoms with Crippen molar-refractivity contribution in [1.82, 2.24) is 0 Å². The molecule has 0 heterocycles. The number of anilines is 3. The molecule has 0 aromatic heterocycles. The first-order valence-corrected chi connectivity index (χ1v) is 10.4. The molecular weight excluding hydrogens is 386 g/mol. The van der Waals surface area contributed by atoms with Crippen molar-refractivity contribution in [2.75, 3.05) is 25.0 Å². The summed E-state index contributed by atoms with van der Waals surface area (Å²) in [7, 11) is 1.66. The van der Waals surface area contributed by atoms with Crippen LogP contribution in [0.15, 0.2) is 103 Å². The Balaban J connectivity index is 1.97. The standard InChI is InChI=1S/C24H27N7/c1-4-18-27-30-21-10-16-24(17-11-21)31(22-12-6-19(7-13-22)28-25-3)23-14-8-20(9-15-23)29-26-5-2/h6-17H,4-5,18H2,1-3H3. The van der Waals surface area contributed by atoms with Crippen LogP contribution in [0, 0.1) is 0 Å². The van der Waals surface area contributed by atoms with Gasteiger partial charge in [-0.05, 0) is 86.1 Å². The molecule has 0 atom stereocenters. The van der Waals surface area contributed by atoms with Gasteiger partial charge in [0.2, 0.25) is 0 Å². The van der Waals surface area contributed by atoms with Crippen LogP contribution >= 0.6 is 0 Å². The van der Waals surface area contributed by atoms with Crippen molar-refractivity contribution < 1.29 is 0 Å². The first kappa shape index (κ1) is 22.0. The van der Waals surface area contributed by atoms with Crippen molar-refractivity contribution >= 4 is 34.1 Å². The fourth-order valence-electron chi connectivity index (χ4n) is 2.95. The zero-order valence-electron chi connectivity index (χ0n) is 18.2. The molecule has 0 aliphatic rings. The second-order valence-corrected chi connectivity index (χ2v) is 6.71. The molecule has 0 unspecified atom stereocenters. The smallest absolute Gasteiger partial charge is 0.0854 e. The molecule has 0 spiro atoms. The summed E-state index contributed by atoms with van der Waals surface area (Å²) in [5, 5.41) is 24.7. The zero-order chi connectivity index (χ0) is 21.9. The Morgan fingerprint density at radius 2 is 1.00 bits per heavy atom. The van der Waals surface area contributed by atoms with Gasteiger partial charge in [-0.25, -0.2) is 0 Å². The lowest BCUT2D eigenvalue weighted by Crippen LogP contribution is -2.09. The molecule has 0 saturated heterocycles. The van der Waals surface area contributed by atoms with Crippen LogP contribution in [0.5, 0.6) is 0 Å². The molecule has 0 bridgehead atoms. The van der Waals surface area contributed by atoms with Gasteiger partial charge in [-0.15, -0.1) is 0 Å². The largest absolute Gasteiger partial charge is 0.310 e. The highest BCUT2D eigenvalue weighted by atomic mass is 15.1. The first-order chi connectivity index (χ1) is 15.2. The summed E-state index contributed by atoms with van der Waals surface area (Å²) >= 11 is 0. The molecule has 3 rings (SSSR count). The minimum atomic E-state index is 0.664. The van der Waals surface area contributed by atoms with E-state index in [4.69, 9.17) is 0 Å². The van der Waals surface area contributed by atoms with Gasteiger partial charge in [-0.1, -0.05) is 6.92 Å². The van der Waals surface area contributed by atoms with Crippen molar-refractivity contribution in [1.29, 1.82) is 0 Å².